The zero-order valence-electron chi connectivity index (χ0n) is 16.9. The predicted molar refractivity (Wildman–Crippen MR) is 110 cm³/mol. The minimum atomic E-state index is -1.06. The number of aromatic nitrogens is 2. The lowest BCUT2D eigenvalue weighted by atomic mass is 9.97. The first-order chi connectivity index (χ1) is 14.2. The normalized spacial score (nSPS) is 19.7. The Labute approximate surface area is 171 Å². The Balaban J connectivity index is 1.68. The lowest BCUT2D eigenvalue weighted by Crippen LogP contribution is -3.12. The van der Waals surface area contributed by atoms with Crippen LogP contribution in [0.15, 0.2) is 24.3 Å². The van der Waals surface area contributed by atoms with E-state index in [2.05, 4.69) is 18.0 Å². The lowest BCUT2D eigenvalue weighted by Gasteiger charge is -2.32. The highest BCUT2D eigenvalue weighted by molar-refractivity contribution is 5.85. The average molecular weight is 394 g/mol. The van der Waals surface area contributed by atoms with E-state index in [0.717, 1.165) is 57.4 Å². The Kier molecular flexibility index (Phi) is 5.91. The molecule has 0 spiro atoms. The minimum Gasteiger partial charge on any atom is -0.461 e. The van der Waals surface area contributed by atoms with Crippen molar-refractivity contribution >= 4 is 22.8 Å². The van der Waals surface area contributed by atoms with Gasteiger partial charge in [-0.3, -0.25) is 4.79 Å². The van der Waals surface area contributed by atoms with Gasteiger partial charge in [0, 0.05) is 0 Å². The summed E-state index contributed by atoms with van der Waals surface area (Å²) >= 11 is 0. The van der Waals surface area contributed by atoms with Crippen molar-refractivity contribution in [3.63, 3.8) is 0 Å². The minimum absolute atomic E-state index is 0.0869. The molecule has 29 heavy (non-hydrogen) atoms. The number of anilines is 1. The van der Waals surface area contributed by atoms with Crippen LogP contribution in [0, 0.1) is 11.3 Å². The number of hydrogen-bond donors (Lipinski definition) is 1. The van der Waals surface area contributed by atoms with Gasteiger partial charge in [0.15, 0.2) is 11.7 Å². The van der Waals surface area contributed by atoms with Gasteiger partial charge in [0.1, 0.15) is 11.8 Å². The Morgan fingerprint density at radius 2 is 1.83 bits per heavy atom. The number of nitriles is 1. The SMILES string of the molecule is C[NH+]1CCN(c2nc3ccccc3nc2[C@H](C#N)C(=O)OC2CCCCC2)CC1. The third-order valence-electron chi connectivity index (χ3n) is 5.97. The summed E-state index contributed by atoms with van der Waals surface area (Å²) in [5, 5.41) is 9.88. The number of likely N-dealkylation sites (N-methyl/N-ethyl adjacent to an activating group) is 1. The number of fused-ring (bicyclic) bond motifs is 1. The molecule has 1 atom stereocenters. The van der Waals surface area contributed by atoms with Crippen molar-refractivity contribution < 1.29 is 14.4 Å². The highest BCUT2D eigenvalue weighted by Crippen LogP contribution is 2.29. The van der Waals surface area contributed by atoms with E-state index in [0.29, 0.717) is 17.0 Å². The molecule has 2 fully saturated rings. The fourth-order valence-electron chi connectivity index (χ4n) is 4.17. The van der Waals surface area contributed by atoms with Gasteiger partial charge in [0.2, 0.25) is 0 Å². The molecule has 0 unspecified atom stereocenters. The quantitative estimate of drug-likeness (QED) is 0.791. The summed E-state index contributed by atoms with van der Waals surface area (Å²) in [6, 6.07) is 9.75. The largest absolute Gasteiger partial charge is 0.461 e. The highest BCUT2D eigenvalue weighted by Gasteiger charge is 2.33. The van der Waals surface area contributed by atoms with Gasteiger partial charge in [-0.2, -0.15) is 5.26 Å². The zero-order chi connectivity index (χ0) is 20.2. The number of ether oxygens (including phenoxy) is 1. The lowest BCUT2D eigenvalue weighted by molar-refractivity contribution is -0.880. The van der Waals surface area contributed by atoms with E-state index < -0.39 is 11.9 Å². The molecule has 7 nitrogen and oxygen atoms in total. The predicted octanol–water partition coefficient (Wildman–Crippen LogP) is 1.45. The van der Waals surface area contributed by atoms with Crippen molar-refractivity contribution in [1.82, 2.24) is 9.97 Å². The van der Waals surface area contributed by atoms with E-state index in [9.17, 15) is 10.1 Å². The number of piperazine rings is 1. The molecule has 0 radical (unpaired) electrons. The van der Waals surface area contributed by atoms with Crippen LogP contribution in [0.4, 0.5) is 5.82 Å². The molecule has 152 valence electrons. The molecule has 1 saturated carbocycles. The molecule has 2 aliphatic rings. The van der Waals surface area contributed by atoms with Crippen LogP contribution >= 0.6 is 0 Å². The summed E-state index contributed by atoms with van der Waals surface area (Å²) in [5.74, 6) is -0.913. The van der Waals surface area contributed by atoms with Gasteiger partial charge in [-0.15, -0.1) is 0 Å². The highest BCUT2D eigenvalue weighted by atomic mass is 16.5. The maximum atomic E-state index is 12.9. The number of rotatable bonds is 4. The van der Waals surface area contributed by atoms with E-state index in [1.54, 1.807) is 0 Å². The molecular weight excluding hydrogens is 366 g/mol. The molecule has 1 aromatic heterocycles. The molecule has 1 saturated heterocycles. The monoisotopic (exact) mass is 394 g/mol. The van der Waals surface area contributed by atoms with E-state index in [1.165, 1.54) is 11.3 Å². The van der Waals surface area contributed by atoms with Crippen molar-refractivity contribution in [2.45, 2.75) is 44.1 Å². The molecule has 1 aromatic carbocycles. The van der Waals surface area contributed by atoms with Crippen LogP contribution in [-0.2, 0) is 9.53 Å². The second-order valence-corrected chi connectivity index (χ2v) is 8.12. The molecule has 0 bridgehead atoms. The molecular formula is C22H28N5O2+. The topological polar surface area (TPSA) is 83.5 Å². The average Bonchev–Trinajstić information content (AvgIpc) is 2.75. The zero-order valence-corrected chi connectivity index (χ0v) is 16.9. The number of benzene rings is 1. The second kappa shape index (κ2) is 8.75. The van der Waals surface area contributed by atoms with Crippen molar-refractivity contribution in [2.75, 3.05) is 38.1 Å². The number of carbonyl (C=O) groups is 1. The van der Waals surface area contributed by atoms with Crippen molar-refractivity contribution in [3.8, 4) is 6.07 Å². The summed E-state index contributed by atoms with van der Waals surface area (Å²) in [6.45, 7) is 3.61. The van der Waals surface area contributed by atoms with Crippen LogP contribution in [0.2, 0.25) is 0 Å². The first kappa shape index (κ1) is 19.6. The first-order valence-corrected chi connectivity index (χ1v) is 10.6. The number of quaternary nitrogens is 1. The van der Waals surface area contributed by atoms with E-state index in [-0.39, 0.29) is 6.10 Å². The Morgan fingerprint density at radius 1 is 1.17 bits per heavy atom. The number of para-hydroxylation sites is 2. The van der Waals surface area contributed by atoms with Crippen LogP contribution in [0.5, 0.6) is 0 Å². The van der Waals surface area contributed by atoms with Crippen LogP contribution in [-0.4, -0.2) is 55.3 Å². The molecule has 2 heterocycles. The summed E-state index contributed by atoms with van der Waals surface area (Å²) in [5.41, 5.74) is 1.89. The molecule has 2 aromatic rings. The van der Waals surface area contributed by atoms with Gasteiger partial charge in [0.25, 0.3) is 0 Å². The summed E-state index contributed by atoms with van der Waals surface area (Å²) in [7, 11) is 2.17. The third kappa shape index (κ3) is 4.33. The smallest absolute Gasteiger partial charge is 0.329 e. The van der Waals surface area contributed by atoms with E-state index >= 15 is 0 Å². The molecule has 1 aliphatic carbocycles. The van der Waals surface area contributed by atoms with Gasteiger partial charge >= 0.3 is 5.97 Å². The van der Waals surface area contributed by atoms with Crippen molar-refractivity contribution in [1.29, 1.82) is 5.26 Å². The van der Waals surface area contributed by atoms with Crippen LogP contribution < -0.4 is 9.80 Å². The number of nitrogens with one attached hydrogen (secondary N) is 1. The van der Waals surface area contributed by atoms with E-state index in [1.807, 2.05) is 24.3 Å². The maximum Gasteiger partial charge on any atom is 0.329 e. The van der Waals surface area contributed by atoms with Gasteiger partial charge in [-0.1, -0.05) is 18.6 Å². The summed E-state index contributed by atoms with van der Waals surface area (Å²) in [4.78, 5) is 26.1. The van der Waals surface area contributed by atoms with Crippen LogP contribution in [0.1, 0.15) is 43.7 Å². The molecule has 0 amide bonds. The summed E-state index contributed by atoms with van der Waals surface area (Å²) < 4.78 is 5.72. The van der Waals surface area contributed by atoms with E-state index in [4.69, 9.17) is 14.7 Å². The third-order valence-corrected chi connectivity index (χ3v) is 5.97. The second-order valence-electron chi connectivity index (χ2n) is 8.12. The Bertz CT molecular complexity index is 911. The number of esters is 1. The van der Waals surface area contributed by atoms with Crippen molar-refractivity contribution in [3.05, 3.63) is 30.0 Å². The Hall–Kier alpha value is -2.72. The van der Waals surface area contributed by atoms with Gasteiger partial charge in [0.05, 0.1) is 50.3 Å². The number of carbonyl (C=O) groups excluding carboxylic acids is 1. The van der Waals surface area contributed by atoms with Gasteiger partial charge < -0.3 is 14.5 Å². The molecule has 7 heteroatoms. The Morgan fingerprint density at radius 3 is 2.48 bits per heavy atom. The fraction of sp³-hybridized carbons (Fsp3) is 0.545. The maximum absolute atomic E-state index is 12.9. The number of nitrogens with zero attached hydrogens (tertiary/aromatic N) is 4. The van der Waals surface area contributed by atoms with Crippen molar-refractivity contribution in [2.24, 2.45) is 0 Å². The summed E-state index contributed by atoms with van der Waals surface area (Å²) in [6.07, 6.45) is 4.99. The number of hydrogen-bond acceptors (Lipinski definition) is 6. The molecule has 1 aliphatic heterocycles. The molecule has 4 rings (SSSR count). The standard InChI is InChI=1S/C22H27N5O2/c1-26-11-13-27(14-12-26)21-20(24-18-9-5-6-10-19(18)25-21)17(15-23)22(28)29-16-7-3-2-4-8-16/h5-6,9-10,16-17H,2-4,7-8,11-14H2,1H3/p+1/t17-/m0/s1. The van der Waals surface area contributed by atoms with Gasteiger partial charge in [-0.05, 0) is 37.8 Å². The van der Waals surface area contributed by atoms with Crippen LogP contribution in [0.25, 0.3) is 11.0 Å². The van der Waals surface area contributed by atoms with Gasteiger partial charge in [-0.25, -0.2) is 9.97 Å². The molecule has 1 N–H and O–H groups in total. The first-order valence-electron chi connectivity index (χ1n) is 10.6. The van der Waals surface area contributed by atoms with Crippen LogP contribution in [0.3, 0.4) is 0 Å². The fourth-order valence-corrected chi connectivity index (χ4v) is 4.17.